The van der Waals surface area contributed by atoms with Crippen LogP contribution in [0.25, 0.3) is 0 Å². The average Bonchev–Trinajstić information content (AvgIpc) is 2.34. The van der Waals surface area contributed by atoms with Gasteiger partial charge in [-0.25, -0.2) is 0 Å². The highest BCUT2D eigenvalue weighted by Gasteiger charge is 2.10. The molecule has 0 aliphatic rings. The van der Waals surface area contributed by atoms with Gasteiger partial charge in [0, 0.05) is 6.07 Å². The molecule has 0 saturated heterocycles. The molecule has 0 unspecified atom stereocenters. The molecule has 0 atom stereocenters. The molecule has 0 saturated carbocycles. The number of nitrogens with one attached hydrogen (secondary N) is 1. The van der Waals surface area contributed by atoms with Crippen molar-refractivity contribution in [3.63, 3.8) is 0 Å². The molecule has 1 rings (SSSR count). The maximum Gasteiger partial charge on any atom is 0.322 e. The Morgan fingerprint density at radius 1 is 1.29 bits per heavy atom. The van der Waals surface area contributed by atoms with E-state index in [0.717, 1.165) is 17.7 Å². The number of benzene rings is 1. The summed E-state index contributed by atoms with van der Waals surface area (Å²) in [5, 5.41) is 11.4. The summed E-state index contributed by atoms with van der Waals surface area (Å²) in [5.74, 6) is 0.413. The van der Waals surface area contributed by atoms with E-state index in [2.05, 4.69) is 5.32 Å². The second-order valence-electron chi connectivity index (χ2n) is 3.47. The highest BCUT2D eigenvalue weighted by atomic mass is 16.5. The van der Waals surface area contributed by atoms with Crippen molar-refractivity contribution in [2.24, 2.45) is 0 Å². The molecule has 1 aromatic carbocycles. The number of aryl methyl sites for hydroxylation is 1. The van der Waals surface area contributed by atoms with Gasteiger partial charge in [-0.05, 0) is 18.1 Å². The first kappa shape index (κ1) is 13.2. The van der Waals surface area contributed by atoms with Gasteiger partial charge in [0.1, 0.15) is 18.0 Å². The predicted octanol–water partition coefficient (Wildman–Crippen LogP) is 1.76. The van der Waals surface area contributed by atoms with Gasteiger partial charge in [0.25, 0.3) is 0 Å². The molecule has 17 heavy (non-hydrogen) atoms. The lowest BCUT2D eigenvalue weighted by molar-refractivity contribution is -0.134. The van der Waals surface area contributed by atoms with Gasteiger partial charge in [-0.2, -0.15) is 0 Å². The molecule has 94 valence electrons. The standard InChI is InChI=1S/C12H17NO4/c1-4-8-5-11(17-3)9(6-10(8)16-2)13-7-12(14)15/h5-6,13H,4,7H2,1-3H3,(H,14,15). The fourth-order valence-electron chi connectivity index (χ4n) is 1.55. The van der Waals surface area contributed by atoms with Crippen molar-refractivity contribution in [1.29, 1.82) is 0 Å². The number of hydrogen-bond donors (Lipinski definition) is 2. The second-order valence-corrected chi connectivity index (χ2v) is 3.47. The van der Waals surface area contributed by atoms with Crippen LogP contribution in [0.15, 0.2) is 12.1 Å². The van der Waals surface area contributed by atoms with Crippen LogP contribution in [0, 0.1) is 0 Å². The number of anilines is 1. The minimum absolute atomic E-state index is 0.162. The van der Waals surface area contributed by atoms with Crippen LogP contribution < -0.4 is 14.8 Å². The van der Waals surface area contributed by atoms with E-state index in [-0.39, 0.29) is 6.54 Å². The normalized spacial score (nSPS) is 9.82. The van der Waals surface area contributed by atoms with E-state index in [9.17, 15) is 4.79 Å². The van der Waals surface area contributed by atoms with Crippen molar-refractivity contribution < 1.29 is 19.4 Å². The summed E-state index contributed by atoms with van der Waals surface area (Å²) >= 11 is 0. The molecule has 1 aromatic rings. The van der Waals surface area contributed by atoms with Crippen LogP contribution in [0.2, 0.25) is 0 Å². The van der Waals surface area contributed by atoms with Crippen molar-refractivity contribution >= 4 is 11.7 Å². The van der Waals surface area contributed by atoms with E-state index < -0.39 is 5.97 Å². The molecule has 0 aliphatic carbocycles. The molecule has 0 spiro atoms. The maximum absolute atomic E-state index is 10.5. The molecular weight excluding hydrogens is 222 g/mol. The Bertz CT molecular complexity index is 404. The quantitative estimate of drug-likeness (QED) is 0.791. The highest BCUT2D eigenvalue weighted by Crippen LogP contribution is 2.33. The number of carbonyl (C=O) groups is 1. The number of ether oxygens (including phenoxy) is 2. The van der Waals surface area contributed by atoms with Gasteiger partial charge in [0.05, 0.1) is 19.9 Å². The molecule has 0 radical (unpaired) electrons. The van der Waals surface area contributed by atoms with Gasteiger partial charge in [0.2, 0.25) is 0 Å². The van der Waals surface area contributed by atoms with Gasteiger partial charge in [-0.15, -0.1) is 0 Å². The van der Waals surface area contributed by atoms with Gasteiger partial charge in [0.15, 0.2) is 0 Å². The summed E-state index contributed by atoms with van der Waals surface area (Å²) in [6, 6.07) is 3.60. The SMILES string of the molecule is CCc1cc(OC)c(NCC(=O)O)cc1OC. The number of carboxylic acid groups (broad SMARTS) is 1. The topological polar surface area (TPSA) is 67.8 Å². The molecule has 2 N–H and O–H groups in total. The van der Waals surface area contributed by atoms with E-state index >= 15 is 0 Å². The maximum atomic E-state index is 10.5. The molecule has 0 amide bonds. The number of hydrogen-bond acceptors (Lipinski definition) is 4. The predicted molar refractivity (Wildman–Crippen MR) is 65.0 cm³/mol. The molecule has 0 heterocycles. The smallest absolute Gasteiger partial charge is 0.322 e. The van der Waals surface area contributed by atoms with Crippen LogP contribution in [0.3, 0.4) is 0 Å². The Hall–Kier alpha value is -1.91. The van der Waals surface area contributed by atoms with E-state index in [4.69, 9.17) is 14.6 Å². The fraction of sp³-hybridized carbons (Fsp3) is 0.417. The summed E-state index contributed by atoms with van der Waals surface area (Å²) in [4.78, 5) is 10.5. The summed E-state index contributed by atoms with van der Waals surface area (Å²) in [7, 11) is 3.13. The number of carboxylic acids is 1. The van der Waals surface area contributed by atoms with E-state index in [1.54, 1.807) is 20.3 Å². The molecule has 5 heteroatoms. The second kappa shape index (κ2) is 5.98. The first-order valence-corrected chi connectivity index (χ1v) is 5.32. The van der Waals surface area contributed by atoms with Crippen molar-refractivity contribution in [2.75, 3.05) is 26.1 Å². The van der Waals surface area contributed by atoms with Crippen LogP contribution >= 0.6 is 0 Å². The highest BCUT2D eigenvalue weighted by molar-refractivity contribution is 5.74. The van der Waals surface area contributed by atoms with Crippen LogP contribution in [-0.2, 0) is 11.2 Å². The molecule has 0 aromatic heterocycles. The molecular formula is C12H17NO4. The van der Waals surface area contributed by atoms with Crippen LogP contribution in [-0.4, -0.2) is 31.8 Å². The van der Waals surface area contributed by atoms with E-state index in [1.807, 2.05) is 13.0 Å². The van der Waals surface area contributed by atoms with E-state index in [1.165, 1.54) is 0 Å². The lowest BCUT2D eigenvalue weighted by atomic mass is 10.1. The lowest BCUT2D eigenvalue weighted by Gasteiger charge is -2.14. The zero-order valence-electron chi connectivity index (χ0n) is 10.2. The molecule has 5 nitrogen and oxygen atoms in total. The zero-order valence-corrected chi connectivity index (χ0v) is 10.2. The average molecular weight is 239 g/mol. The Balaban J connectivity index is 3.05. The summed E-state index contributed by atoms with van der Waals surface area (Å²) in [6.07, 6.45) is 0.818. The Morgan fingerprint density at radius 3 is 2.41 bits per heavy atom. The number of methoxy groups -OCH3 is 2. The molecule has 0 fully saturated rings. The van der Waals surface area contributed by atoms with Crippen LogP contribution in [0.1, 0.15) is 12.5 Å². The van der Waals surface area contributed by atoms with Crippen molar-refractivity contribution in [1.82, 2.24) is 0 Å². The summed E-state index contributed by atoms with van der Waals surface area (Å²) in [6.45, 7) is 1.85. The largest absolute Gasteiger partial charge is 0.496 e. The third-order valence-corrected chi connectivity index (χ3v) is 2.41. The Kier molecular flexibility index (Phi) is 4.63. The van der Waals surface area contributed by atoms with Crippen LogP contribution in [0.4, 0.5) is 5.69 Å². The molecule has 0 bridgehead atoms. The minimum Gasteiger partial charge on any atom is -0.496 e. The van der Waals surface area contributed by atoms with E-state index in [0.29, 0.717) is 11.4 Å². The van der Waals surface area contributed by atoms with Gasteiger partial charge < -0.3 is 19.9 Å². The van der Waals surface area contributed by atoms with Crippen molar-refractivity contribution in [3.05, 3.63) is 17.7 Å². The monoisotopic (exact) mass is 239 g/mol. The number of aliphatic carboxylic acids is 1. The zero-order chi connectivity index (χ0) is 12.8. The van der Waals surface area contributed by atoms with Crippen molar-refractivity contribution in [3.8, 4) is 11.5 Å². The van der Waals surface area contributed by atoms with Gasteiger partial charge in [-0.3, -0.25) is 4.79 Å². The fourth-order valence-corrected chi connectivity index (χ4v) is 1.55. The first-order chi connectivity index (χ1) is 8.12. The number of rotatable bonds is 6. The van der Waals surface area contributed by atoms with Gasteiger partial charge >= 0.3 is 5.97 Å². The van der Waals surface area contributed by atoms with Gasteiger partial charge in [-0.1, -0.05) is 6.92 Å². The van der Waals surface area contributed by atoms with Crippen LogP contribution in [0.5, 0.6) is 11.5 Å². The minimum atomic E-state index is -0.925. The summed E-state index contributed by atoms with van der Waals surface area (Å²) < 4.78 is 10.4. The first-order valence-electron chi connectivity index (χ1n) is 5.32. The third kappa shape index (κ3) is 3.27. The molecule has 0 aliphatic heterocycles. The van der Waals surface area contributed by atoms with Crippen molar-refractivity contribution in [2.45, 2.75) is 13.3 Å². The lowest BCUT2D eigenvalue weighted by Crippen LogP contribution is -2.13. The summed E-state index contributed by atoms with van der Waals surface area (Å²) in [5.41, 5.74) is 1.63. The Morgan fingerprint density at radius 2 is 1.94 bits per heavy atom. The Labute approximate surface area is 100 Å². The third-order valence-electron chi connectivity index (χ3n) is 2.41.